The average molecular weight is 242 g/mol. The lowest BCUT2D eigenvalue weighted by molar-refractivity contribution is 0.377. The summed E-state index contributed by atoms with van der Waals surface area (Å²) in [5.74, 6) is 0.596. The molecular weight excluding hydrogens is 220 g/mol. The van der Waals surface area contributed by atoms with Gasteiger partial charge in [0.05, 0.1) is 17.3 Å². The minimum Gasteiger partial charge on any atom is -0.309 e. The third-order valence-electron chi connectivity index (χ3n) is 3.58. The highest BCUT2D eigenvalue weighted by Crippen LogP contribution is 2.24. The Morgan fingerprint density at radius 2 is 1.89 bits per heavy atom. The molecule has 0 aliphatic carbocycles. The van der Waals surface area contributed by atoms with Crippen molar-refractivity contribution in [3.63, 3.8) is 0 Å². The number of rotatable bonds is 5. The Hall–Kier alpha value is -1.41. The molecule has 0 aliphatic rings. The fraction of sp³-hybridized carbons (Fsp3) is 0.438. The molecular formula is C16H22N2. The average Bonchev–Trinajstić information content (AvgIpc) is 2.43. The third-order valence-corrected chi connectivity index (χ3v) is 3.58. The topological polar surface area (TPSA) is 24.9 Å². The second kappa shape index (κ2) is 5.96. The van der Waals surface area contributed by atoms with Gasteiger partial charge in [-0.25, -0.2) is 0 Å². The summed E-state index contributed by atoms with van der Waals surface area (Å²) in [6, 6.07) is 13.0. The predicted molar refractivity (Wildman–Crippen MR) is 77.6 cm³/mol. The Morgan fingerprint density at radius 3 is 2.61 bits per heavy atom. The number of fused-ring (bicyclic) bond motifs is 1. The Kier molecular flexibility index (Phi) is 4.32. The van der Waals surface area contributed by atoms with Gasteiger partial charge < -0.3 is 5.32 Å². The first-order valence-corrected chi connectivity index (χ1v) is 6.85. The van der Waals surface area contributed by atoms with Gasteiger partial charge in [-0.15, -0.1) is 0 Å². The molecule has 2 aromatic rings. The molecule has 96 valence electrons. The fourth-order valence-electron chi connectivity index (χ4n) is 2.31. The van der Waals surface area contributed by atoms with E-state index in [1.54, 1.807) is 0 Å². The minimum absolute atomic E-state index is 0.351. The van der Waals surface area contributed by atoms with Gasteiger partial charge in [0, 0.05) is 5.39 Å². The standard InChI is InChI=1S/C16H22N2/c1-4-12(3)16(17-5-2)15-11-10-13-8-6-7-9-14(13)18-15/h6-12,16-17H,4-5H2,1-3H3. The molecule has 2 atom stereocenters. The SMILES string of the molecule is CCNC(c1ccc2ccccc2n1)C(C)CC. The van der Waals surface area contributed by atoms with E-state index in [-0.39, 0.29) is 0 Å². The van der Waals surface area contributed by atoms with E-state index >= 15 is 0 Å². The van der Waals surface area contributed by atoms with Crippen molar-refractivity contribution in [1.82, 2.24) is 10.3 Å². The summed E-state index contributed by atoms with van der Waals surface area (Å²) in [6.07, 6.45) is 1.16. The minimum atomic E-state index is 0.351. The van der Waals surface area contributed by atoms with Gasteiger partial charge >= 0.3 is 0 Å². The van der Waals surface area contributed by atoms with Crippen molar-refractivity contribution >= 4 is 10.9 Å². The third kappa shape index (κ3) is 2.70. The number of nitrogens with one attached hydrogen (secondary N) is 1. The number of para-hydroxylation sites is 1. The molecule has 2 rings (SSSR count). The van der Waals surface area contributed by atoms with Crippen LogP contribution >= 0.6 is 0 Å². The maximum absolute atomic E-state index is 4.80. The van der Waals surface area contributed by atoms with Gasteiger partial charge in [-0.1, -0.05) is 51.5 Å². The van der Waals surface area contributed by atoms with Crippen LogP contribution in [0.25, 0.3) is 10.9 Å². The summed E-state index contributed by atoms with van der Waals surface area (Å²) in [5.41, 5.74) is 2.24. The number of hydrogen-bond acceptors (Lipinski definition) is 2. The Labute approximate surface area is 109 Å². The van der Waals surface area contributed by atoms with Crippen molar-refractivity contribution in [1.29, 1.82) is 0 Å². The van der Waals surface area contributed by atoms with Gasteiger partial charge in [0.15, 0.2) is 0 Å². The highest BCUT2D eigenvalue weighted by atomic mass is 14.9. The Morgan fingerprint density at radius 1 is 1.11 bits per heavy atom. The van der Waals surface area contributed by atoms with E-state index in [1.165, 1.54) is 5.39 Å². The van der Waals surface area contributed by atoms with Crippen LogP contribution in [0.4, 0.5) is 0 Å². The van der Waals surface area contributed by atoms with Crippen molar-refractivity contribution in [3.05, 3.63) is 42.1 Å². The number of nitrogens with zero attached hydrogens (tertiary/aromatic N) is 1. The van der Waals surface area contributed by atoms with Crippen molar-refractivity contribution < 1.29 is 0 Å². The van der Waals surface area contributed by atoms with Gasteiger partial charge in [0.1, 0.15) is 0 Å². The molecule has 1 heterocycles. The first-order chi connectivity index (χ1) is 8.76. The first kappa shape index (κ1) is 13.0. The number of benzene rings is 1. The van der Waals surface area contributed by atoms with E-state index < -0.39 is 0 Å². The van der Waals surface area contributed by atoms with E-state index in [0.29, 0.717) is 12.0 Å². The highest BCUT2D eigenvalue weighted by Gasteiger charge is 2.18. The monoisotopic (exact) mass is 242 g/mol. The van der Waals surface area contributed by atoms with Gasteiger partial charge in [-0.3, -0.25) is 4.98 Å². The molecule has 0 saturated heterocycles. The van der Waals surface area contributed by atoms with Crippen molar-refractivity contribution in [2.75, 3.05) is 6.54 Å². The van der Waals surface area contributed by atoms with Crippen LogP contribution in [0.2, 0.25) is 0 Å². The van der Waals surface area contributed by atoms with Gasteiger partial charge in [0.2, 0.25) is 0 Å². The van der Waals surface area contributed by atoms with Crippen LogP contribution in [0.15, 0.2) is 36.4 Å². The van der Waals surface area contributed by atoms with Gasteiger partial charge in [0.25, 0.3) is 0 Å². The highest BCUT2D eigenvalue weighted by molar-refractivity contribution is 5.78. The van der Waals surface area contributed by atoms with Gasteiger partial charge in [-0.05, 0) is 24.6 Å². The molecule has 2 unspecified atom stereocenters. The number of aromatic nitrogens is 1. The lowest BCUT2D eigenvalue weighted by Gasteiger charge is -2.23. The van der Waals surface area contributed by atoms with Crippen molar-refractivity contribution in [2.45, 2.75) is 33.2 Å². The number of pyridine rings is 1. The van der Waals surface area contributed by atoms with Crippen LogP contribution in [0, 0.1) is 5.92 Å². The Bertz CT molecular complexity index is 507. The lowest BCUT2D eigenvalue weighted by Crippen LogP contribution is -2.27. The fourth-order valence-corrected chi connectivity index (χ4v) is 2.31. The maximum atomic E-state index is 4.80. The van der Waals surface area contributed by atoms with E-state index in [1.807, 2.05) is 6.07 Å². The summed E-state index contributed by atoms with van der Waals surface area (Å²) in [4.78, 5) is 4.80. The van der Waals surface area contributed by atoms with Crippen LogP contribution in [-0.4, -0.2) is 11.5 Å². The Balaban J connectivity index is 2.37. The summed E-state index contributed by atoms with van der Waals surface area (Å²) in [6.45, 7) is 7.64. The molecule has 1 aromatic heterocycles. The maximum Gasteiger partial charge on any atom is 0.0706 e. The molecule has 18 heavy (non-hydrogen) atoms. The first-order valence-electron chi connectivity index (χ1n) is 6.85. The molecule has 0 bridgehead atoms. The quantitative estimate of drug-likeness (QED) is 0.859. The summed E-state index contributed by atoms with van der Waals surface area (Å²) < 4.78 is 0. The zero-order valence-electron chi connectivity index (χ0n) is 11.5. The van der Waals surface area contributed by atoms with E-state index in [0.717, 1.165) is 24.2 Å². The van der Waals surface area contributed by atoms with Crippen LogP contribution in [0.3, 0.4) is 0 Å². The largest absolute Gasteiger partial charge is 0.309 e. The smallest absolute Gasteiger partial charge is 0.0706 e. The molecule has 0 aliphatic heterocycles. The van der Waals surface area contributed by atoms with Crippen molar-refractivity contribution in [3.8, 4) is 0 Å². The van der Waals surface area contributed by atoms with Crippen LogP contribution < -0.4 is 5.32 Å². The number of hydrogen-bond donors (Lipinski definition) is 1. The van der Waals surface area contributed by atoms with Crippen LogP contribution in [0.5, 0.6) is 0 Å². The zero-order valence-corrected chi connectivity index (χ0v) is 11.5. The zero-order chi connectivity index (χ0) is 13.0. The van der Waals surface area contributed by atoms with E-state index in [2.05, 4.69) is 56.4 Å². The van der Waals surface area contributed by atoms with Crippen LogP contribution in [-0.2, 0) is 0 Å². The van der Waals surface area contributed by atoms with Crippen LogP contribution in [0.1, 0.15) is 38.9 Å². The van der Waals surface area contributed by atoms with E-state index in [4.69, 9.17) is 4.98 Å². The molecule has 0 radical (unpaired) electrons. The second-order valence-corrected chi connectivity index (χ2v) is 4.85. The summed E-state index contributed by atoms with van der Waals surface area (Å²) >= 11 is 0. The summed E-state index contributed by atoms with van der Waals surface area (Å²) in [5, 5.41) is 4.76. The molecule has 2 heteroatoms. The normalized spacial score (nSPS) is 14.6. The second-order valence-electron chi connectivity index (χ2n) is 4.85. The lowest BCUT2D eigenvalue weighted by atomic mass is 9.95. The molecule has 0 spiro atoms. The molecule has 0 saturated carbocycles. The van der Waals surface area contributed by atoms with Gasteiger partial charge in [-0.2, -0.15) is 0 Å². The molecule has 1 N–H and O–H groups in total. The van der Waals surface area contributed by atoms with E-state index in [9.17, 15) is 0 Å². The van der Waals surface area contributed by atoms with Crippen molar-refractivity contribution in [2.24, 2.45) is 5.92 Å². The predicted octanol–water partition coefficient (Wildman–Crippen LogP) is 3.93. The molecule has 1 aromatic carbocycles. The molecule has 0 fully saturated rings. The summed E-state index contributed by atoms with van der Waals surface area (Å²) in [7, 11) is 0. The molecule has 2 nitrogen and oxygen atoms in total. The molecule has 0 amide bonds.